The third-order valence-corrected chi connectivity index (χ3v) is 6.19. The van der Waals surface area contributed by atoms with E-state index >= 15 is 0 Å². The van der Waals surface area contributed by atoms with Crippen molar-refractivity contribution in [1.29, 1.82) is 0 Å². The van der Waals surface area contributed by atoms with Gasteiger partial charge in [-0.15, -0.1) is 0 Å². The van der Waals surface area contributed by atoms with E-state index in [2.05, 4.69) is 11.9 Å². The Morgan fingerprint density at radius 3 is 2.71 bits per heavy atom. The molecule has 2 aromatic rings. The molecule has 2 aliphatic heterocycles. The molecule has 1 aromatic carbocycles. The minimum Gasteiger partial charge on any atom is -0.477 e. The molecule has 2 fully saturated rings. The summed E-state index contributed by atoms with van der Waals surface area (Å²) in [5, 5.41) is 9.21. The molecule has 0 radical (unpaired) electrons. The molecule has 1 N–H and O–H groups in total. The lowest BCUT2D eigenvalue weighted by molar-refractivity contribution is 0.0694. The predicted octanol–water partition coefficient (Wildman–Crippen LogP) is 2.48. The molecular weight excluding hydrogens is 368 g/mol. The third-order valence-electron chi connectivity index (χ3n) is 6.19. The van der Waals surface area contributed by atoms with Gasteiger partial charge in [-0.25, -0.2) is 13.6 Å². The first kappa shape index (κ1) is 18.9. The summed E-state index contributed by atoms with van der Waals surface area (Å²) < 4.78 is 29.4. The minimum absolute atomic E-state index is 0.0388. The molecule has 3 heterocycles. The zero-order valence-corrected chi connectivity index (χ0v) is 15.7. The number of anilines is 1. The Morgan fingerprint density at radius 2 is 2.00 bits per heavy atom. The van der Waals surface area contributed by atoms with Crippen LogP contribution in [-0.4, -0.2) is 59.4 Å². The normalized spacial score (nSPS) is 22.6. The van der Waals surface area contributed by atoms with Gasteiger partial charge in [-0.3, -0.25) is 9.69 Å². The molecule has 28 heavy (non-hydrogen) atoms. The van der Waals surface area contributed by atoms with E-state index in [1.165, 1.54) is 4.57 Å². The van der Waals surface area contributed by atoms with Gasteiger partial charge < -0.3 is 14.6 Å². The molecular formula is C20H23F2N3O3. The molecule has 8 heteroatoms. The number of benzene rings is 1. The number of fused-ring (bicyclic) bond motifs is 3. The highest BCUT2D eigenvalue weighted by molar-refractivity contribution is 5.93. The van der Waals surface area contributed by atoms with Crippen molar-refractivity contribution in [2.45, 2.75) is 37.9 Å². The number of carboxylic acid groups (broad SMARTS) is 1. The van der Waals surface area contributed by atoms with Crippen molar-refractivity contribution < 1.29 is 18.7 Å². The summed E-state index contributed by atoms with van der Waals surface area (Å²) in [6.07, 6.45) is 4.30. The number of nitrogens with zero attached hydrogens (tertiary/aromatic N) is 3. The Labute approximate surface area is 161 Å². The van der Waals surface area contributed by atoms with E-state index in [4.69, 9.17) is 0 Å². The third kappa shape index (κ3) is 3.05. The molecule has 0 aliphatic carbocycles. The molecule has 4 rings (SSSR count). The van der Waals surface area contributed by atoms with Crippen LogP contribution < -0.4 is 10.3 Å². The van der Waals surface area contributed by atoms with Crippen LogP contribution in [-0.2, 0) is 6.54 Å². The SMILES string of the molecule is CN1C2CC[C@@H]1CCN(c1cc3c(cc1F)c(=O)c(C(=O)O)cn3CCF)C2. The lowest BCUT2D eigenvalue weighted by Gasteiger charge is -2.28. The van der Waals surface area contributed by atoms with Crippen LogP contribution in [0.3, 0.4) is 0 Å². The van der Waals surface area contributed by atoms with E-state index in [1.54, 1.807) is 6.07 Å². The number of carbonyl (C=O) groups is 1. The number of pyridine rings is 1. The molecule has 1 aromatic heterocycles. The standard InChI is InChI=1S/C20H23F2N3O3/c1-23-12-2-3-13(23)10-24(6-4-12)18-9-17-14(8-16(18)22)19(26)15(20(27)28)11-25(17)7-5-21/h8-9,11-13H,2-7,10H2,1H3,(H,27,28)/t12-,13?/m1/s1. The number of aromatic carboxylic acids is 1. The van der Waals surface area contributed by atoms with Gasteiger partial charge in [-0.1, -0.05) is 0 Å². The Morgan fingerprint density at radius 1 is 1.25 bits per heavy atom. The lowest BCUT2D eigenvalue weighted by Crippen LogP contribution is -2.37. The second-order valence-electron chi connectivity index (χ2n) is 7.67. The number of hydrogen-bond donors (Lipinski definition) is 1. The number of alkyl halides is 1. The zero-order valence-electron chi connectivity index (χ0n) is 15.7. The summed E-state index contributed by atoms with van der Waals surface area (Å²) in [7, 11) is 2.11. The average Bonchev–Trinajstić information content (AvgIpc) is 2.89. The van der Waals surface area contributed by atoms with Crippen molar-refractivity contribution in [2.24, 2.45) is 0 Å². The van der Waals surface area contributed by atoms with Gasteiger partial charge in [0.05, 0.1) is 17.7 Å². The Hall–Kier alpha value is -2.48. The fraction of sp³-hybridized carbons (Fsp3) is 0.500. The first-order valence-corrected chi connectivity index (χ1v) is 9.53. The van der Waals surface area contributed by atoms with Gasteiger partial charge in [-0.05, 0) is 38.4 Å². The Bertz CT molecular complexity index is 991. The average molecular weight is 391 g/mol. The molecule has 0 spiro atoms. The second kappa shape index (κ2) is 7.16. The maximum atomic E-state index is 15.0. The molecule has 150 valence electrons. The van der Waals surface area contributed by atoms with Crippen molar-refractivity contribution in [2.75, 3.05) is 31.7 Å². The second-order valence-corrected chi connectivity index (χ2v) is 7.67. The topological polar surface area (TPSA) is 65.8 Å². The van der Waals surface area contributed by atoms with Crippen molar-refractivity contribution in [3.05, 3.63) is 39.9 Å². The number of aromatic nitrogens is 1. The van der Waals surface area contributed by atoms with Crippen LogP contribution in [0.4, 0.5) is 14.5 Å². The van der Waals surface area contributed by atoms with Crippen LogP contribution in [0.25, 0.3) is 10.9 Å². The summed E-state index contributed by atoms with van der Waals surface area (Å²) in [4.78, 5) is 28.2. The highest BCUT2D eigenvalue weighted by atomic mass is 19.1. The lowest BCUT2D eigenvalue weighted by atomic mass is 10.1. The van der Waals surface area contributed by atoms with E-state index in [0.717, 1.165) is 31.5 Å². The smallest absolute Gasteiger partial charge is 0.341 e. The van der Waals surface area contributed by atoms with Gasteiger partial charge in [0.2, 0.25) is 5.43 Å². The Kier molecular flexibility index (Phi) is 4.82. The van der Waals surface area contributed by atoms with E-state index in [9.17, 15) is 23.5 Å². The first-order valence-electron chi connectivity index (χ1n) is 9.53. The van der Waals surface area contributed by atoms with Gasteiger partial charge >= 0.3 is 5.97 Å². The van der Waals surface area contributed by atoms with E-state index in [1.807, 2.05) is 4.90 Å². The Balaban J connectivity index is 1.83. The molecule has 2 atom stereocenters. The van der Waals surface area contributed by atoms with E-state index in [0.29, 0.717) is 36.4 Å². The summed E-state index contributed by atoms with van der Waals surface area (Å²) in [6.45, 7) is 0.571. The fourth-order valence-corrected chi connectivity index (χ4v) is 4.60. The van der Waals surface area contributed by atoms with E-state index < -0.39 is 29.5 Å². The number of halogens is 2. The fourth-order valence-electron chi connectivity index (χ4n) is 4.60. The van der Waals surface area contributed by atoms with Crippen LogP contribution in [0, 0.1) is 5.82 Å². The van der Waals surface area contributed by atoms with Crippen LogP contribution in [0.5, 0.6) is 0 Å². The summed E-state index contributed by atoms with van der Waals surface area (Å²) in [5.74, 6) is -1.96. The predicted molar refractivity (Wildman–Crippen MR) is 103 cm³/mol. The van der Waals surface area contributed by atoms with Gasteiger partial charge in [0.1, 0.15) is 18.1 Å². The molecule has 1 unspecified atom stereocenters. The van der Waals surface area contributed by atoms with Crippen LogP contribution in [0.2, 0.25) is 0 Å². The number of hydrogen-bond acceptors (Lipinski definition) is 4. The molecule has 2 saturated heterocycles. The monoisotopic (exact) mass is 391 g/mol. The van der Waals surface area contributed by atoms with Gasteiger partial charge in [0.25, 0.3) is 0 Å². The maximum absolute atomic E-state index is 15.0. The summed E-state index contributed by atoms with van der Waals surface area (Å²) >= 11 is 0. The number of carboxylic acids is 1. The van der Waals surface area contributed by atoms with Crippen molar-refractivity contribution in [1.82, 2.24) is 9.47 Å². The van der Waals surface area contributed by atoms with Crippen molar-refractivity contribution in [3.63, 3.8) is 0 Å². The molecule has 2 aliphatic rings. The van der Waals surface area contributed by atoms with E-state index in [-0.39, 0.29) is 11.9 Å². The van der Waals surface area contributed by atoms with Crippen LogP contribution in [0.1, 0.15) is 29.6 Å². The highest BCUT2D eigenvalue weighted by Gasteiger charge is 2.35. The number of likely N-dealkylation sites (N-methyl/N-ethyl adjacent to an activating group) is 1. The van der Waals surface area contributed by atoms with Crippen molar-refractivity contribution in [3.8, 4) is 0 Å². The zero-order chi connectivity index (χ0) is 20.0. The van der Waals surface area contributed by atoms with Gasteiger partial charge in [0.15, 0.2) is 0 Å². The largest absolute Gasteiger partial charge is 0.477 e. The number of aryl methyl sites for hydroxylation is 1. The molecule has 2 bridgehead atoms. The van der Waals surface area contributed by atoms with Crippen LogP contribution in [0.15, 0.2) is 23.1 Å². The molecule has 0 amide bonds. The summed E-state index contributed by atoms with van der Waals surface area (Å²) in [5.41, 5.74) is -0.505. The van der Waals surface area contributed by atoms with Crippen LogP contribution >= 0.6 is 0 Å². The van der Waals surface area contributed by atoms with Gasteiger partial charge in [-0.2, -0.15) is 0 Å². The first-order chi connectivity index (χ1) is 13.4. The number of rotatable bonds is 4. The molecule has 6 nitrogen and oxygen atoms in total. The minimum atomic E-state index is -1.41. The highest BCUT2D eigenvalue weighted by Crippen LogP contribution is 2.33. The summed E-state index contributed by atoms with van der Waals surface area (Å²) in [6, 6.07) is 3.51. The maximum Gasteiger partial charge on any atom is 0.341 e. The quantitative estimate of drug-likeness (QED) is 0.868. The molecule has 0 saturated carbocycles. The van der Waals surface area contributed by atoms with Gasteiger partial charge in [0, 0.05) is 36.8 Å². The van der Waals surface area contributed by atoms with Crippen molar-refractivity contribution >= 4 is 22.6 Å².